The van der Waals surface area contributed by atoms with Crippen LogP contribution in [-0.4, -0.2) is 0 Å². The van der Waals surface area contributed by atoms with Gasteiger partial charge in [0, 0.05) is 0 Å². The lowest BCUT2D eigenvalue weighted by Crippen LogP contribution is -1.67. The Morgan fingerprint density at radius 1 is 0.714 bits per heavy atom. The first-order valence-corrected chi connectivity index (χ1v) is 5.06. The van der Waals surface area contributed by atoms with E-state index in [-0.39, 0.29) is 0 Å². The van der Waals surface area contributed by atoms with Gasteiger partial charge < -0.3 is 0 Å². The summed E-state index contributed by atoms with van der Waals surface area (Å²) in [5.74, 6) is 0. The van der Waals surface area contributed by atoms with Crippen molar-refractivity contribution in [3.63, 3.8) is 0 Å². The van der Waals surface area contributed by atoms with E-state index in [4.69, 9.17) is 0 Å². The van der Waals surface area contributed by atoms with Crippen molar-refractivity contribution in [2.24, 2.45) is 0 Å². The molecule has 0 aromatic carbocycles. The first-order valence-electron chi connectivity index (χ1n) is 5.06. The first kappa shape index (κ1) is 10.6. The third kappa shape index (κ3) is 6.05. The highest BCUT2D eigenvalue weighted by Crippen LogP contribution is 1.97. The maximum absolute atomic E-state index is 3.13. The topological polar surface area (TPSA) is 0 Å². The molecule has 14 heavy (non-hydrogen) atoms. The smallest absolute Gasteiger partial charge is 0.0203 e. The van der Waals surface area contributed by atoms with Gasteiger partial charge in [-0.05, 0) is 31.4 Å². The van der Waals surface area contributed by atoms with E-state index in [0.29, 0.717) is 0 Å². The molecule has 0 aliphatic heterocycles. The summed E-state index contributed by atoms with van der Waals surface area (Å²) in [5.41, 5.74) is 3.13. The Balaban J connectivity index is 2.57. The minimum Gasteiger partial charge on any atom is -0.125 e. The highest BCUT2D eigenvalue weighted by atomic mass is 13.8. The molecular weight excluding hydrogens is 168 g/mol. The molecule has 0 saturated heterocycles. The molecule has 0 spiro atoms. The number of hydrogen-bond acceptors (Lipinski definition) is 0. The predicted molar refractivity (Wildman–Crippen MR) is 63.1 cm³/mol. The van der Waals surface area contributed by atoms with Crippen molar-refractivity contribution >= 4 is 0 Å². The van der Waals surface area contributed by atoms with E-state index in [9.17, 15) is 0 Å². The van der Waals surface area contributed by atoms with Gasteiger partial charge in [-0.3, -0.25) is 0 Å². The standard InChI is InChI=1S/C14H16/c1-2-4-6-8-10-12-14-13-11-9-7-5-3-1/h1-9,13H,10,12,14H2/b3-1-,4-2+,7-5+,8-6+. The van der Waals surface area contributed by atoms with Gasteiger partial charge in [-0.25, -0.2) is 0 Å². The SMILES string of the molecule is C1=C/C=C/C=C\C=C\C=C\CCCC=1. The average molecular weight is 184 g/mol. The summed E-state index contributed by atoms with van der Waals surface area (Å²) in [6, 6.07) is 0. The monoisotopic (exact) mass is 184 g/mol. The van der Waals surface area contributed by atoms with Crippen LogP contribution in [0.15, 0.2) is 66.5 Å². The Labute approximate surface area is 86.3 Å². The predicted octanol–water partition coefficient (Wildman–Crippen LogP) is 4.11. The molecular formula is C14H16. The van der Waals surface area contributed by atoms with Gasteiger partial charge in [0.05, 0.1) is 0 Å². The van der Waals surface area contributed by atoms with Crippen LogP contribution < -0.4 is 0 Å². The zero-order chi connectivity index (χ0) is 9.90. The first-order chi connectivity index (χ1) is 7.00. The molecule has 0 aromatic rings. The zero-order valence-electron chi connectivity index (χ0n) is 8.39. The summed E-state index contributed by atoms with van der Waals surface area (Å²) in [7, 11) is 0. The minimum atomic E-state index is 1.11. The van der Waals surface area contributed by atoms with E-state index in [1.807, 2.05) is 36.5 Å². The quantitative estimate of drug-likeness (QED) is 0.497. The van der Waals surface area contributed by atoms with Gasteiger partial charge in [0.2, 0.25) is 0 Å². The fourth-order valence-corrected chi connectivity index (χ4v) is 1.10. The van der Waals surface area contributed by atoms with Crippen molar-refractivity contribution in [2.45, 2.75) is 19.3 Å². The van der Waals surface area contributed by atoms with Crippen LogP contribution >= 0.6 is 0 Å². The molecule has 0 unspecified atom stereocenters. The molecule has 0 heterocycles. The Morgan fingerprint density at radius 2 is 1.43 bits per heavy atom. The lowest BCUT2D eigenvalue weighted by Gasteiger charge is -1.87. The molecule has 1 aliphatic carbocycles. The average Bonchev–Trinajstić information content (AvgIpc) is 2.22. The maximum Gasteiger partial charge on any atom is -0.0203 e. The van der Waals surface area contributed by atoms with Crippen molar-refractivity contribution in [1.29, 1.82) is 0 Å². The van der Waals surface area contributed by atoms with E-state index < -0.39 is 0 Å². The summed E-state index contributed by atoms with van der Waals surface area (Å²) in [4.78, 5) is 0. The van der Waals surface area contributed by atoms with Crippen LogP contribution in [0.1, 0.15) is 19.3 Å². The summed E-state index contributed by atoms with van der Waals surface area (Å²) in [6.45, 7) is 0. The van der Waals surface area contributed by atoms with Crippen LogP contribution in [0.25, 0.3) is 0 Å². The van der Waals surface area contributed by atoms with Crippen molar-refractivity contribution in [3.8, 4) is 0 Å². The number of hydrogen-bond donors (Lipinski definition) is 0. The Morgan fingerprint density at radius 3 is 2.29 bits per heavy atom. The van der Waals surface area contributed by atoms with Crippen molar-refractivity contribution < 1.29 is 0 Å². The second-order valence-electron chi connectivity index (χ2n) is 3.05. The van der Waals surface area contributed by atoms with E-state index in [1.165, 1.54) is 6.42 Å². The Kier molecular flexibility index (Phi) is 6.11. The third-order valence-electron chi connectivity index (χ3n) is 1.83. The fraction of sp³-hybridized carbons (Fsp3) is 0.214. The van der Waals surface area contributed by atoms with E-state index in [0.717, 1.165) is 12.8 Å². The maximum atomic E-state index is 3.13. The van der Waals surface area contributed by atoms with Gasteiger partial charge >= 0.3 is 0 Å². The molecule has 1 aliphatic rings. The normalized spacial score (nSPS) is 26.3. The van der Waals surface area contributed by atoms with Crippen LogP contribution in [0, 0.1) is 0 Å². The van der Waals surface area contributed by atoms with Crippen molar-refractivity contribution in [1.82, 2.24) is 0 Å². The molecule has 0 bridgehead atoms. The molecule has 72 valence electrons. The van der Waals surface area contributed by atoms with Gasteiger partial charge in [-0.2, -0.15) is 0 Å². The lowest BCUT2D eigenvalue weighted by molar-refractivity contribution is 0.869. The molecule has 0 heteroatoms. The van der Waals surface area contributed by atoms with E-state index in [1.54, 1.807) is 0 Å². The largest absolute Gasteiger partial charge is 0.125 e. The van der Waals surface area contributed by atoms with Crippen LogP contribution in [0.2, 0.25) is 0 Å². The van der Waals surface area contributed by atoms with Crippen LogP contribution in [0.3, 0.4) is 0 Å². The molecule has 1 rings (SSSR count). The summed E-state index contributed by atoms with van der Waals surface area (Å²) >= 11 is 0. The van der Waals surface area contributed by atoms with Crippen molar-refractivity contribution in [2.75, 3.05) is 0 Å². The molecule has 0 nitrogen and oxygen atoms in total. The molecule has 0 atom stereocenters. The van der Waals surface area contributed by atoms with Gasteiger partial charge in [-0.15, -0.1) is 5.73 Å². The molecule has 0 N–H and O–H groups in total. The molecule has 0 amide bonds. The third-order valence-corrected chi connectivity index (χ3v) is 1.83. The minimum absolute atomic E-state index is 1.11. The number of rotatable bonds is 0. The van der Waals surface area contributed by atoms with Gasteiger partial charge in [-0.1, -0.05) is 48.6 Å². The van der Waals surface area contributed by atoms with Gasteiger partial charge in [0.1, 0.15) is 0 Å². The van der Waals surface area contributed by atoms with Gasteiger partial charge in [0.25, 0.3) is 0 Å². The number of allylic oxidation sites excluding steroid dienone is 9. The van der Waals surface area contributed by atoms with Crippen LogP contribution in [0.5, 0.6) is 0 Å². The van der Waals surface area contributed by atoms with E-state index >= 15 is 0 Å². The summed E-state index contributed by atoms with van der Waals surface area (Å²) < 4.78 is 0. The molecule has 0 saturated carbocycles. The molecule has 0 radical (unpaired) electrons. The summed E-state index contributed by atoms with van der Waals surface area (Å²) in [5, 5.41) is 0. The second-order valence-corrected chi connectivity index (χ2v) is 3.05. The van der Waals surface area contributed by atoms with Gasteiger partial charge in [0.15, 0.2) is 0 Å². The fourth-order valence-electron chi connectivity index (χ4n) is 1.10. The highest BCUT2D eigenvalue weighted by molar-refractivity contribution is 5.17. The summed E-state index contributed by atoms with van der Waals surface area (Å²) in [6.07, 6.45) is 23.9. The van der Waals surface area contributed by atoms with Crippen LogP contribution in [0.4, 0.5) is 0 Å². The molecule has 0 aromatic heterocycles. The lowest BCUT2D eigenvalue weighted by atomic mass is 10.2. The second kappa shape index (κ2) is 8.10. The van der Waals surface area contributed by atoms with Crippen LogP contribution in [-0.2, 0) is 0 Å². The van der Waals surface area contributed by atoms with E-state index in [2.05, 4.69) is 30.0 Å². The highest BCUT2D eigenvalue weighted by Gasteiger charge is 1.78. The van der Waals surface area contributed by atoms with Crippen molar-refractivity contribution in [3.05, 3.63) is 66.5 Å². The zero-order valence-corrected chi connectivity index (χ0v) is 8.39. The Bertz CT molecular complexity index is 305. The molecule has 0 fully saturated rings. The Hall–Kier alpha value is -1.52.